The van der Waals surface area contributed by atoms with E-state index < -0.39 is 0 Å². The molecule has 0 fully saturated rings. The molecule has 510 valence electrons. The highest BCUT2D eigenvalue weighted by molar-refractivity contribution is 5.70. The predicted octanol–water partition coefficient (Wildman–Crippen LogP) is 23.8. The molecule has 8 heteroatoms. The fourth-order valence-corrected chi connectivity index (χ4v) is 10.9. The van der Waals surface area contributed by atoms with Crippen LogP contribution in [0, 0.1) is 0 Å². The molecule has 0 atom stereocenters. The van der Waals surface area contributed by atoms with Crippen molar-refractivity contribution < 1.29 is 24.4 Å². The van der Waals surface area contributed by atoms with Crippen molar-refractivity contribution >= 4 is 11.9 Å². The number of nitrogens with zero attached hydrogens (tertiary/aromatic N) is 3. The first kappa shape index (κ1) is 84.7. The number of carbonyl (C=O) groups is 2. The predicted molar refractivity (Wildman–Crippen MR) is 386 cm³/mol. The summed E-state index contributed by atoms with van der Waals surface area (Å²) < 4.78 is 0. The van der Waals surface area contributed by atoms with Gasteiger partial charge in [-0.1, -0.05) is 279 Å². The normalized spacial score (nSPS) is 12.5. The summed E-state index contributed by atoms with van der Waals surface area (Å²) in [5.41, 5.74) is 0. The molecule has 1 N–H and O–H groups in total. The highest BCUT2D eigenvalue weighted by Gasteiger charge is 2.17. The zero-order valence-electron chi connectivity index (χ0n) is 58.7. The second-order valence-electron chi connectivity index (χ2n) is 25.2. The van der Waals surface area contributed by atoms with Crippen LogP contribution in [0.3, 0.4) is 0 Å². The van der Waals surface area contributed by atoms with Crippen LogP contribution in [-0.2, 0) is 19.3 Å². The van der Waals surface area contributed by atoms with Crippen LogP contribution in [0.1, 0.15) is 349 Å². The molecule has 0 aromatic rings. The second kappa shape index (κ2) is 74.4. The lowest BCUT2D eigenvalue weighted by Gasteiger charge is -2.24. The fourth-order valence-electron chi connectivity index (χ4n) is 10.9. The van der Waals surface area contributed by atoms with Gasteiger partial charge in [-0.25, -0.2) is 0 Å². The number of carbonyl (C=O) groups excluding carboxylic acids is 2. The Labute approximate surface area is 547 Å². The molecule has 0 spiro atoms. The molecule has 88 heavy (non-hydrogen) atoms. The summed E-state index contributed by atoms with van der Waals surface area (Å²) in [5.74, 6) is -0.475. The van der Waals surface area contributed by atoms with Crippen molar-refractivity contribution in [3.05, 3.63) is 97.2 Å². The number of aliphatic hydroxyl groups excluding tert-OH is 1. The van der Waals surface area contributed by atoms with Crippen molar-refractivity contribution in [1.29, 1.82) is 0 Å². The second-order valence-corrected chi connectivity index (χ2v) is 25.2. The molecule has 0 heterocycles. The lowest BCUT2D eigenvalue weighted by atomic mass is 10.1. The van der Waals surface area contributed by atoms with Crippen LogP contribution < -0.4 is 0 Å². The van der Waals surface area contributed by atoms with E-state index in [0.717, 1.165) is 129 Å². The molecular weight excluding hydrogens is 1080 g/mol. The Morgan fingerprint density at radius 3 is 0.682 bits per heavy atom. The highest BCUT2D eigenvalue weighted by atomic mass is 16.7. The summed E-state index contributed by atoms with van der Waals surface area (Å²) in [4.78, 5) is 41.2. The lowest BCUT2D eigenvalue weighted by molar-refractivity contribution is -0.192. The third-order valence-electron chi connectivity index (χ3n) is 16.6. The van der Waals surface area contributed by atoms with Gasteiger partial charge in [0.2, 0.25) is 0 Å². The van der Waals surface area contributed by atoms with Crippen molar-refractivity contribution in [2.45, 2.75) is 349 Å². The van der Waals surface area contributed by atoms with E-state index in [9.17, 15) is 14.7 Å². The molecule has 0 saturated heterocycles. The molecule has 0 unspecified atom stereocenters. The number of hydrogen-bond donors (Lipinski definition) is 1. The van der Waals surface area contributed by atoms with E-state index in [0.29, 0.717) is 19.6 Å². The van der Waals surface area contributed by atoms with Gasteiger partial charge in [0.25, 0.3) is 0 Å². The van der Waals surface area contributed by atoms with Gasteiger partial charge in [0.05, 0.1) is 19.4 Å². The minimum Gasteiger partial charge on any atom is -0.395 e. The van der Waals surface area contributed by atoms with Gasteiger partial charge in [-0.3, -0.25) is 14.5 Å². The fraction of sp³-hybridized carbons (Fsp3) is 0.775. The van der Waals surface area contributed by atoms with Crippen LogP contribution >= 0.6 is 0 Å². The van der Waals surface area contributed by atoms with Crippen molar-refractivity contribution in [3.8, 4) is 0 Å². The minimum absolute atomic E-state index is 0.0371. The average molecular weight is 1230 g/mol. The topological polar surface area (TPSA) is 82.6 Å². The van der Waals surface area contributed by atoms with Crippen LogP contribution in [0.15, 0.2) is 97.2 Å². The molecule has 0 radical (unpaired) electrons. The third kappa shape index (κ3) is 68.6. The Morgan fingerprint density at radius 2 is 0.466 bits per heavy atom. The van der Waals surface area contributed by atoms with Gasteiger partial charge in [0.1, 0.15) is 0 Å². The summed E-state index contributed by atoms with van der Waals surface area (Å²) in [6.07, 6.45) is 95.5. The van der Waals surface area contributed by atoms with Gasteiger partial charge in [-0.2, -0.15) is 0 Å². The Balaban J connectivity index is 5.17. The van der Waals surface area contributed by atoms with E-state index in [2.05, 4.69) is 125 Å². The molecule has 0 bridgehead atoms. The maximum Gasteiger partial charge on any atom is 0.326 e. The monoisotopic (exact) mass is 1230 g/mol. The summed E-state index contributed by atoms with van der Waals surface area (Å²) in [6, 6.07) is 0. The standard InChI is InChI=1S/C80H145N3O5/c1-5-9-13-17-21-25-29-33-37-41-45-49-53-57-61-65-71-82(72-66-62-58-54-50-46-42-38-34-30-26-22-18-14-10-6-2)87-79(85)69-75-81(77-78-84)76-70-80(86)88-83(73-67-63-59-55-51-47-43-39-35-31-27-23-19-15-11-7-3)74-68-64-60-56-52-48-44-40-36-32-28-24-20-16-12-8-4/h21-28,33-40,84H,5-20,29-32,41-78H2,1-4H3/b25-21-,26-22-,27-23-,28-24-,37-33-,38-34-,39-35-,40-36-. The van der Waals surface area contributed by atoms with Gasteiger partial charge in [0.15, 0.2) is 0 Å². The quantitative estimate of drug-likeness (QED) is 0.0366. The molecular formula is C80H145N3O5. The molecule has 0 aliphatic rings. The van der Waals surface area contributed by atoms with Gasteiger partial charge < -0.3 is 14.8 Å². The molecule has 0 amide bonds. The van der Waals surface area contributed by atoms with Crippen molar-refractivity contribution in [1.82, 2.24) is 15.0 Å². The van der Waals surface area contributed by atoms with Crippen LogP contribution in [0.25, 0.3) is 0 Å². The van der Waals surface area contributed by atoms with Gasteiger partial charge in [-0.05, 0) is 154 Å². The molecule has 0 aromatic carbocycles. The molecule has 0 aliphatic carbocycles. The van der Waals surface area contributed by atoms with Crippen LogP contribution in [-0.4, -0.2) is 84.5 Å². The Hall–Kier alpha value is -3.30. The number of allylic oxidation sites excluding steroid dienone is 16. The number of aliphatic hydroxyl groups is 1. The van der Waals surface area contributed by atoms with E-state index >= 15 is 0 Å². The molecule has 0 rings (SSSR count). The van der Waals surface area contributed by atoms with Crippen molar-refractivity contribution in [3.63, 3.8) is 0 Å². The lowest BCUT2D eigenvalue weighted by Crippen LogP contribution is -2.35. The number of rotatable bonds is 70. The minimum atomic E-state index is -0.238. The SMILES string of the molecule is CCCCC/C=C\C/C=C\CCCCCCCCN(CCCCCCCC/C=C\C/C=C\CCCCC)OC(=O)CCN(CCO)CCC(=O)ON(CCCCCCCC/C=C\C/C=C\CCCCC)CCCCCCCC/C=C\C/C=C\CCCCC. The summed E-state index contributed by atoms with van der Waals surface area (Å²) in [7, 11) is 0. The molecule has 0 aliphatic heterocycles. The molecule has 0 saturated carbocycles. The van der Waals surface area contributed by atoms with Crippen LogP contribution in [0.2, 0.25) is 0 Å². The summed E-state index contributed by atoms with van der Waals surface area (Å²) in [6.45, 7) is 13.3. The van der Waals surface area contributed by atoms with E-state index in [1.807, 2.05) is 15.0 Å². The van der Waals surface area contributed by atoms with Crippen LogP contribution in [0.4, 0.5) is 0 Å². The first-order chi connectivity index (χ1) is 43.5. The summed E-state index contributed by atoms with van der Waals surface area (Å²) >= 11 is 0. The van der Waals surface area contributed by atoms with Crippen molar-refractivity contribution in [2.24, 2.45) is 0 Å². The Kier molecular flexibility index (Phi) is 71.6. The van der Waals surface area contributed by atoms with Crippen LogP contribution in [0.5, 0.6) is 0 Å². The summed E-state index contributed by atoms with van der Waals surface area (Å²) in [5, 5.41) is 13.9. The van der Waals surface area contributed by atoms with Gasteiger partial charge in [0, 0.05) is 45.8 Å². The Morgan fingerprint density at radius 1 is 0.261 bits per heavy atom. The van der Waals surface area contributed by atoms with E-state index in [1.54, 1.807) is 0 Å². The average Bonchev–Trinajstić information content (AvgIpc) is 3.57. The highest BCUT2D eigenvalue weighted by Crippen LogP contribution is 2.16. The largest absolute Gasteiger partial charge is 0.395 e. The smallest absolute Gasteiger partial charge is 0.326 e. The number of unbranched alkanes of at least 4 members (excludes halogenated alkanes) is 36. The van der Waals surface area contributed by atoms with Crippen molar-refractivity contribution in [2.75, 3.05) is 52.4 Å². The zero-order chi connectivity index (χ0) is 63.6. The number of hydrogen-bond acceptors (Lipinski definition) is 8. The van der Waals surface area contributed by atoms with Gasteiger partial charge in [-0.15, -0.1) is 10.1 Å². The Bertz CT molecular complexity index is 1470. The molecule has 0 aromatic heterocycles. The maximum atomic E-state index is 13.5. The molecule has 8 nitrogen and oxygen atoms in total. The first-order valence-corrected chi connectivity index (χ1v) is 37.9. The number of hydroxylamine groups is 4. The maximum absolute atomic E-state index is 13.5. The van der Waals surface area contributed by atoms with E-state index in [-0.39, 0.29) is 31.4 Å². The zero-order valence-corrected chi connectivity index (χ0v) is 58.7. The van der Waals surface area contributed by atoms with Gasteiger partial charge >= 0.3 is 11.9 Å². The third-order valence-corrected chi connectivity index (χ3v) is 16.6. The van der Waals surface area contributed by atoms with E-state index in [4.69, 9.17) is 9.68 Å². The first-order valence-electron chi connectivity index (χ1n) is 37.9. The van der Waals surface area contributed by atoms with E-state index in [1.165, 1.54) is 205 Å².